The van der Waals surface area contributed by atoms with E-state index in [2.05, 4.69) is 36.5 Å². The van der Waals surface area contributed by atoms with Gasteiger partial charge in [0.1, 0.15) is 0 Å². The van der Waals surface area contributed by atoms with Gasteiger partial charge in [0.05, 0.1) is 12.1 Å². The Hall–Kier alpha value is -0.860. The summed E-state index contributed by atoms with van der Waals surface area (Å²) in [5.41, 5.74) is 2.57. The Labute approximate surface area is 103 Å². The molecule has 0 saturated heterocycles. The predicted molar refractivity (Wildman–Crippen MR) is 69.0 cm³/mol. The molecule has 2 heteroatoms. The van der Waals surface area contributed by atoms with Gasteiger partial charge in [0, 0.05) is 6.04 Å². The number of aliphatic hydroxyl groups is 1. The molecule has 2 aliphatic carbocycles. The average Bonchev–Trinajstić information content (AvgIpc) is 3.17. The normalized spacial score (nSPS) is 32.2. The van der Waals surface area contributed by atoms with Gasteiger partial charge < -0.3 is 10.4 Å². The number of nitrogens with one attached hydrogen (secondary N) is 1. The van der Waals surface area contributed by atoms with Crippen molar-refractivity contribution in [2.75, 3.05) is 6.61 Å². The van der Waals surface area contributed by atoms with Gasteiger partial charge in [0.25, 0.3) is 0 Å². The molecule has 0 heterocycles. The fourth-order valence-electron chi connectivity index (χ4n) is 3.09. The van der Waals surface area contributed by atoms with E-state index in [-0.39, 0.29) is 12.1 Å². The first-order valence-corrected chi connectivity index (χ1v) is 6.73. The Balaban J connectivity index is 2.01. The molecule has 0 aromatic heterocycles. The molecule has 2 atom stereocenters. The highest BCUT2D eigenvalue weighted by Crippen LogP contribution is 2.42. The summed E-state index contributed by atoms with van der Waals surface area (Å²) < 4.78 is 0. The number of hydrogen-bond donors (Lipinski definition) is 2. The molecule has 3 rings (SSSR count). The summed E-state index contributed by atoms with van der Waals surface area (Å²) in [5.74, 6) is 0.617. The van der Waals surface area contributed by atoms with Crippen LogP contribution in [0.3, 0.4) is 0 Å². The fourth-order valence-corrected chi connectivity index (χ4v) is 3.09. The van der Waals surface area contributed by atoms with Crippen molar-refractivity contribution in [1.29, 1.82) is 0 Å². The van der Waals surface area contributed by atoms with E-state index in [0.29, 0.717) is 12.0 Å². The Morgan fingerprint density at radius 3 is 2.76 bits per heavy atom. The molecular weight excluding hydrogens is 210 g/mol. The molecule has 92 valence electrons. The number of fused-ring (bicyclic) bond motifs is 1. The van der Waals surface area contributed by atoms with E-state index in [1.54, 1.807) is 0 Å². The second-order valence-corrected chi connectivity index (χ2v) is 5.69. The molecule has 17 heavy (non-hydrogen) atoms. The van der Waals surface area contributed by atoms with E-state index < -0.39 is 0 Å². The fraction of sp³-hybridized carbons (Fsp3) is 0.600. The maximum atomic E-state index is 9.89. The molecule has 2 unspecified atom stereocenters. The summed E-state index contributed by atoms with van der Waals surface area (Å²) in [6, 6.07) is 9.24. The van der Waals surface area contributed by atoms with Crippen molar-refractivity contribution in [2.45, 2.75) is 50.1 Å². The summed E-state index contributed by atoms with van der Waals surface area (Å²) >= 11 is 0. The smallest absolute Gasteiger partial charge is 0.0674 e. The lowest BCUT2D eigenvalue weighted by atomic mass is 9.72. The molecule has 1 aromatic rings. The molecular formula is C15H21NO. The van der Waals surface area contributed by atoms with Crippen LogP contribution in [0.5, 0.6) is 0 Å². The second-order valence-electron chi connectivity index (χ2n) is 5.69. The summed E-state index contributed by atoms with van der Waals surface area (Å²) in [4.78, 5) is 0. The first-order chi connectivity index (χ1) is 8.25. The number of rotatable bonds is 3. The van der Waals surface area contributed by atoms with Gasteiger partial charge in [-0.05, 0) is 42.7 Å². The maximum Gasteiger partial charge on any atom is 0.0674 e. The van der Waals surface area contributed by atoms with Gasteiger partial charge in [0.15, 0.2) is 0 Å². The van der Waals surface area contributed by atoms with Crippen molar-refractivity contribution in [3.05, 3.63) is 35.4 Å². The zero-order valence-corrected chi connectivity index (χ0v) is 10.4. The molecule has 2 N–H and O–H groups in total. The van der Waals surface area contributed by atoms with Crippen LogP contribution in [0, 0.1) is 0 Å². The lowest BCUT2D eigenvalue weighted by molar-refractivity contribution is 0.136. The first kappa shape index (κ1) is 11.2. The predicted octanol–water partition coefficient (Wildman–Crippen LogP) is 2.52. The summed E-state index contributed by atoms with van der Waals surface area (Å²) in [5, 5.41) is 13.6. The van der Waals surface area contributed by atoms with Gasteiger partial charge in [-0.1, -0.05) is 31.2 Å². The third kappa shape index (κ3) is 1.90. The average molecular weight is 231 g/mol. The van der Waals surface area contributed by atoms with Crippen molar-refractivity contribution in [3.63, 3.8) is 0 Å². The van der Waals surface area contributed by atoms with Crippen LogP contribution >= 0.6 is 0 Å². The van der Waals surface area contributed by atoms with Gasteiger partial charge in [-0.15, -0.1) is 0 Å². The Morgan fingerprint density at radius 2 is 2.06 bits per heavy atom. The Bertz CT molecular complexity index is 413. The highest BCUT2D eigenvalue weighted by Gasteiger charge is 2.41. The summed E-state index contributed by atoms with van der Waals surface area (Å²) in [6.07, 6.45) is 4.74. The largest absolute Gasteiger partial charge is 0.394 e. The SMILES string of the molecule is CC1CCC(CO)(NC2CC2)c2ccccc21. The lowest BCUT2D eigenvalue weighted by Gasteiger charge is -2.41. The van der Waals surface area contributed by atoms with Crippen LogP contribution in [-0.4, -0.2) is 17.8 Å². The van der Waals surface area contributed by atoms with Crippen LogP contribution < -0.4 is 5.32 Å². The molecule has 0 amide bonds. The summed E-state index contributed by atoms with van der Waals surface area (Å²) in [6.45, 7) is 2.50. The molecule has 1 aromatic carbocycles. The van der Waals surface area contributed by atoms with Crippen molar-refractivity contribution in [1.82, 2.24) is 5.32 Å². The lowest BCUT2D eigenvalue weighted by Crippen LogP contribution is -2.49. The van der Waals surface area contributed by atoms with E-state index in [1.165, 1.54) is 24.0 Å². The number of aliphatic hydroxyl groups excluding tert-OH is 1. The monoisotopic (exact) mass is 231 g/mol. The molecule has 0 bridgehead atoms. The molecule has 1 fully saturated rings. The van der Waals surface area contributed by atoms with Crippen LogP contribution in [0.1, 0.15) is 49.7 Å². The number of hydrogen-bond acceptors (Lipinski definition) is 2. The summed E-state index contributed by atoms with van der Waals surface area (Å²) in [7, 11) is 0. The quantitative estimate of drug-likeness (QED) is 0.838. The third-order valence-corrected chi connectivity index (χ3v) is 4.34. The minimum Gasteiger partial charge on any atom is -0.394 e. The van der Waals surface area contributed by atoms with E-state index >= 15 is 0 Å². The van der Waals surface area contributed by atoms with Crippen molar-refractivity contribution in [3.8, 4) is 0 Å². The highest BCUT2D eigenvalue weighted by atomic mass is 16.3. The molecule has 0 aliphatic heterocycles. The van der Waals surface area contributed by atoms with Crippen LogP contribution in [0.2, 0.25) is 0 Å². The van der Waals surface area contributed by atoms with Crippen molar-refractivity contribution < 1.29 is 5.11 Å². The van der Waals surface area contributed by atoms with Crippen LogP contribution in [0.15, 0.2) is 24.3 Å². The number of benzene rings is 1. The van der Waals surface area contributed by atoms with E-state index in [1.807, 2.05) is 0 Å². The van der Waals surface area contributed by atoms with Crippen LogP contribution in [0.25, 0.3) is 0 Å². The molecule has 0 spiro atoms. The molecule has 0 radical (unpaired) electrons. The zero-order chi connectivity index (χ0) is 11.9. The third-order valence-electron chi connectivity index (χ3n) is 4.34. The Morgan fingerprint density at radius 1 is 1.29 bits per heavy atom. The minimum atomic E-state index is -0.176. The molecule has 2 aliphatic rings. The maximum absolute atomic E-state index is 9.89. The first-order valence-electron chi connectivity index (χ1n) is 6.73. The topological polar surface area (TPSA) is 32.3 Å². The van der Waals surface area contributed by atoms with E-state index in [9.17, 15) is 5.11 Å². The molecule has 1 saturated carbocycles. The van der Waals surface area contributed by atoms with Gasteiger partial charge >= 0.3 is 0 Å². The standard InChI is InChI=1S/C15H21NO/c1-11-8-9-15(10-17,16-12-6-7-12)14-5-3-2-4-13(11)14/h2-5,11-12,16-17H,6-10H2,1H3. The van der Waals surface area contributed by atoms with Gasteiger partial charge in [-0.25, -0.2) is 0 Å². The van der Waals surface area contributed by atoms with E-state index in [4.69, 9.17) is 0 Å². The van der Waals surface area contributed by atoms with Gasteiger partial charge in [-0.2, -0.15) is 0 Å². The van der Waals surface area contributed by atoms with E-state index in [0.717, 1.165) is 12.8 Å². The van der Waals surface area contributed by atoms with Gasteiger partial charge in [-0.3, -0.25) is 0 Å². The van der Waals surface area contributed by atoms with Crippen molar-refractivity contribution in [2.24, 2.45) is 0 Å². The minimum absolute atomic E-state index is 0.176. The Kier molecular flexibility index (Phi) is 2.72. The van der Waals surface area contributed by atoms with Crippen LogP contribution in [0.4, 0.5) is 0 Å². The molecule has 2 nitrogen and oxygen atoms in total. The van der Waals surface area contributed by atoms with Crippen LogP contribution in [-0.2, 0) is 5.54 Å². The second kappa shape index (κ2) is 4.11. The highest BCUT2D eigenvalue weighted by molar-refractivity contribution is 5.39. The zero-order valence-electron chi connectivity index (χ0n) is 10.4. The van der Waals surface area contributed by atoms with Gasteiger partial charge in [0.2, 0.25) is 0 Å². The van der Waals surface area contributed by atoms with Crippen molar-refractivity contribution >= 4 is 0 Å².